The molecule has 6 nitrogen and oxygen atoms in total. The van der Waals surface area contributed by atoms with E-state index >= 15 is 0 Å². The fourth-order valence-electron chi connectivity index (χ4n) is 1.96. The predicted molar refractivity (Wildman–Crippen MR) is 101 cm³/mol. The number of aromatic hydroxyl groups is 2. The van der Waals surface area contributed by atoms with Crippen LogP contribution in [0.2, 0.25) is 0 Å². The van der Waals surface area contributed by atoms with Crippen molar-refractivity contribution < 1.29 is 29.6 Å². The van der Waals surface area contributed by atoms with Gasteiger partial charge in [-0.1, -0.05) is 24.3 Å². The minimum atomic E-state index is -1.02. The lowest BCUT2D eigenvalue weighted by molar-refractivity contribution is -0.131. The maximum Gasteiger partial charge on any atom is 0.328 e. The molecule has 0 unspecified atom stereocenters. The molecule has 3 N–H and O–H groups in total. The number of methoxy groups -OCH3 is 2. The first kappa shape index (κ1) is 20.6. The fourth-order valence-corrected chi connectivity index (χ4v) is 1.96. The maximum absolute atomic E-state index is 10.2. The number of phenolic OH excluding ortho intramolecular Hbond substituents is 2. The van der Waals surface area contributed by atoms with Gasteiger partial charge in [-0.3, -0.25) is 0 Å². The molecule has 0 saturated carbocycles. The largest absolute Gasteiger partial charge is 0.504 e. The van der Waals surface area contributed by atoms with Gasteiger partial charge in [-0.25, -0.2) is 4.79 Å². The van der Waals surface area contributed by atoms with Gasteiger partial charge in [0.2, 0.25) is 0 Å². The summed E-state index contributed by atoms with van der Waals surface area (Å²) in [5.41, 5.74) is 1.68. The number of phenols is 2. The van der Waals surface area contributed by atoms with Gasteiger partial charge in [0.05, 0.1) is 14.2 Å². The standard InChI is InChI=1S/C10H10O4.C10H12O2/c1-14-9-6-7(2-4-8(9)11)3-5-10(12)13;1-3-4-8-5-6-9(11)10(7-8)12-2/h2-6,11H,1H3,(H,12,13);3-7,11H,1-2H3. The third-order valence-electron chi connectivity index (χ3n) is 3.19. The zero-order valence-electron chi connectivity index (χ0n) is 14.8. The number of carbonyl (C=O) groups is 1. The Bertz CT molecular complexity index is 793. The van der Waals surface area contributed by atoms with Crippen LogP contribution in [0, 0.1) is 0 Å². The first-order chi connectivity index (χ1) is 12.4. The van der Waals surface area contributed by atoms with Crippen LogP contribution in [0.1, 0.15) is 18.1 Å². The number of rotatable bonds is 5. The molecule has 2 aromatic carbocycles. The van der Waals surface area contributed by atoms with Crippen LogP contribution >= 0.6 is 0 Å². The lowest BCUT2D eigenvalue weighted by Crippen LogP contribution is -1.87. The second kappa shape index (κ2) is 10.5. The van der Waals surface area contributed by atoms with Gasteiger partial charge in [0, 0.05) is 6.08 Å². The van der Waals surface area contributed by atoms with Crippen molar-refractivity contribution in [3.8, 4) is 23.0 Å². The molecule has 0 bridgehead atoms. The number of hydrogen-bond acceptors (Lipinski definition) is 5. The molecule has 0 aliphatic rings. The number of allylic oxidation sites excluding steroid dienone is 1. The first-order valence-corrected chi connectivity index (χ1v) is 7.69. The van der Waals surface area contributed by atoms with Crippen LogP contribution in [-0.2, 0) is 4.79 Å². The second-order valence-corrected chi connectivity index (χ2v) is 5.03. The molecule has 138 valence electrons. The van der Waals surface area contributed by atoms with Crippen LogP contribution in [-0.4, -0.2) is 35.5 Å². The molecule has 6 heteroatoms. The Morgan fingerprint density at radius 2 is 1.35 bits per heavy atom. The third-order valence-corrected chi connectivity index (χ3v) is 3.19. The number of carboxylic acid groups (broad SMARTS) is 1. The molecule has 0 saturated heterocycles. The molecule has 0 radical (unpaired) electrons. The number of benzene rings is 2. The summed E-state index contributed by atoms with van der Waals surface area (Å²) in [4.78, 5) is 10.2. The Labute approximate surface area is 152 Å². The second-order valence-electron chi connectivity index (χ2n) is 5.03. The van der Waals surface area contributed by atoms with Gasteiger partial charge in [-0.2, -0.15) is 0 Å². The van der Waals surface area contributed by atoms with Crippen molar-refractivity contribution in [1.29, 1.82) is 0 Å². The predicted octanol–water partition coefficient (Wildman–Crippen LogP) is 3.93. The van der Waals surface area contributed by atoms with Crippen LogP contribution < -0.4 is 9.47 Å². The van der Waals surface area contributed by atoms with Crippen molar-refractivity contribution in [3.05, 3.63) is 59.7 Å². The molecule has 2 aromatic rings. The van der Waals surface area contributed by atoms with E-state index in [1.165, 1.54) is 26.4 Å². The summed E-state index contributed by atoms with van der Waals surface area (Å²) in [7, 11) is 2.97. The molecule has 0 atom stereocenters. The summed E-state index contributed by atoms with van der Waals surface area (Å²) in [5, 5.41) is 26.9. The van der Waals surface area contributed by atoms with Crippen molar-refractivity contribution in [2.75, 3.05) is 14.2 Å². The smallest absolute Gasteiger partial charge is 0.328 e. The van der Waals surface area contributed by atoms with E-state index in [-0.39, 0.29) is 11.5 Å². The SMILES string of the molecule is CC=Cc1ccc(O)c(OC)c1.COc1cc(C=CC(=O)O)ccc1O. The van der Waals surface area contributed by atoms with Crippen molar-refractivity contribution in [2.45, 2.75) is 6.92 Å². The zero-order chi connectivity index (χ0) is 19.5. The van der Waals surface area contributed by atoms with Gasteiger partial charge in [-0.15, -0.1) is 0 Å². The molecule has 0 aromatic heterocycles. The molecule has 0 fully saturated rings. The highest BCUT2D eigenvalue weighted by Crippen LogP contribution is 2.27. The average Bonchev–Trinajstić information content (AvgIpc) is 2.63. The molecule has 26 heavy (non-hydrogen) atoms. The summed E-state index contributed by atoms with van der Waals surface area (Å²) in [6.45, 7) is 1.94. The summed E-state index contributed by atoms with van der Waals surface area (Å²) in [5.74, 6) is 0.00547. The van der Waals surface area contributed by atoms with Crippen LogP contribution in [0.25, 0.3) is 12.2 Å². The first-order valence-electron chi connectivity index (χ1n) is 7.69. The van der Waals surface area contributed by atoms with Gasteiger partial charge in [0.15, 0.2) is 23.0 Å². The van der Waals surface area contributed by atoms with E-state index < -0.39 is 5.97 Å². The van der Waals surface area contributed by atoms with E-state index in [2.05, 4.69) is 0 Å². The van der Waals surface area contributed by atoms with Crippen molar-refractivity contribution >= 4 is 18.1 Å². The van der Waals surface area contributed by atoms with E-state index in [9.17, 15) is 15.0 Å². The van der Waals surface area contributed by atoms with Gasteiger partial charge in [0.1, 0.15) is 0 Å². The molecule has 0 aliphatic heterocycles. The quantitative estimate of drug-likeness (QED) is 0.701. The van der Waals surface area contributed by atoms with E-state index in [0.29, 0.717) is 17.1 Å². The highest BCUT2D eigenvalue weighted by molar-refractivity contribution is 5.85. The minimum absolute atomic E-state index is 0.0278. The van der Waals surface area contributed by atoms with Crippen molar-refractivity contribution in [1.82, 2.24) is 0 Å². The highest BCUT2D eigenvalue weighted by Gasteiger charge is 2.00. The Hall–Kier alpha value is -3.41. The van der Waals surface area contributed by atoms with Gasteiger partial charge < -0.3 is 24.8 Å². The molecule has 0 aliphatic carbocycles. The van der Waals surface area contributed by atoms with Crippen molar-refractivity contribution in [3.63, 3.8) is 0 Å². The molecular weight excluding hydrogens is 336 g/mol. The Kier molecular flexibility index (Phi) is 8.30. The molecule has 2 rings (SSSR count). The lowest BCUT2D eigenvalue weighted by Gasteiger charge is -2.03. The molecule has 0 spiro atoms. The number of aliphatic carboxylic acids is 1. The topological polar surface area (TPSA) is 96.2 Å². The van der Waals surface area contributed by atoms with Crippen LogP contribution in [0.5, 0.6) is 23.0 Å². The van der Waals surface area contributed by atoms with E-state index in [1.807, 2.05) is 25.1 Å². The van der Waals surface area contributed by atoms with E-state index in [1.54, 1.807) is 24.3 Å². The molecular formula is C20H22O6. The van der Waals surface area contributed by atoms with Gasteiger partial charge >= 0.3 is 5.97 Å². The Balaban J connectivity index is 0.000000263. The van der Waals surface area contributed by atoms with Crippen LogP contribution in [0.3, 0.4) is 0 Å². The minimum Gasteiger partial charge on any atom is -0.504 e. The average molecular weight is 358 g/mol. The Morgan fingerprint density at radius 3 is 1.73 bits per heavy atom. The van der Waals surface area contributed by atoms with Gasteiger partial charge in [-0.05, 0) is 48.4 Å². The maximum atomic E-state index is 10.2. The molecule has 0 heterocycles. The summed E-state index contributed by atoms with van der Waals surface area (Å²) in [6.07, 6.45) is 6.32. The van der Waals surface area contributed by atoms with Gasteiger partial charge in [0.25, 0.3) is 0 Å². The van der Waals surface area contributed by atoms with Crippen LogP contribution in [0.15, 0.2) is 48.6 Å². The normalized spacial score (nSPS) is 10.4. The molecule has 0 amide bonds. The number of hydrogen-bond donors (Lipinski definition) is 3. The van der Waals surface area contributed by atoms with E-state index in [0.717, 1.165) is 11.6 Å². The fraction of sp³-hybridized carbons (Fsp3) is 0.150. The summed E-state index contributed by atoms with van der Waals surface area (Å²) < 4.78 is 9.81. The third kappa shape index (κ3) is 6.60. The van der Waals surface area contributed by atoms with Crippen molar-refractivity contribution in [2.24, 2.45) is 0 Å². The summed E-state index contributed by atoms with van der Waals surface area (Å²) in [6, 6.07) is 9.83. The zero-order valence-corrected chi connectivity index (χ0v) is 14.8. The highest BCUT2D eigenvalue weighted by atomic mass is 16.5. The number of ether oxygens (including phenoxy) is 2. The number of carboxylic acids is 1. The lowest BCUT2D eigenvalue weighted by atomic mass is 10.2. The summed E-state index contributed by atoms with van der Waals surface area (Å²) >= 11 is 0. The Morgan fingerprint density at radius 1 is 0.885 bits per heavy atom. The van der Waals surface area contributed by atoms with E-state index in [4.69, 9.17) is 14.6 Å². The monoisotopic (exact) mass is 358 g/mol. The van der Waals surface area contributed by atoms with Crippen LogP contribution in [0.4, 0.5) is 0 Å².